The van der Waals surface area contributed by atoms with Crippen LogP contribution in [-0.2, 0) is 6.42 Å². The third-order valence-corrected chi connectivity index (χ3v) is 4.38. The zero-order valence-electron chi connectivity index (χ0n) is 17.4. The normalized spacial score (nSPS) is 11.2. The van der Waals surface area contributed by atoms with Crippen LogP contribution in [0.15, 0.2) is 35.6 Å². The Kier molecular flexibility index (Phi) is 8.89. The number of nitrogens with one attached hydrogen (secondary N) is 1. The molecule has 0 amide bonds. The number of phenolic OH excluding ortho intramolecular Hbond substituents is 1. The third kappa shape index (κ3) is 6.35. The lowest BCUT2D eigenvalue weighted by Gasteiger charge is -2.14. The van der Waals surface area contributed by atoms with E-state index < -0.39 is 0 Å². The molecule has 2 rings (SSSR count). The lowest BCUT2D eigenvalue weighted by molar-refractivity contribution is 0.101. The number of nitrogens with two attached hydrogens (primary N) is 2. The molecule has 0 spiro atoms. The maximum absolute atomic E-state index is 11.6. The van der Waals surface area contributed by atoms with Gasteiger partial charge in [0.15, 0.2) is 11.6 Å². The number of Topliss-reactive ketones (excluding diaryl/α,β-unsaturated/α-hetero) is 1. The molecule has 0 aliphatic carbocycles. The third-order valence-electron chi connectivity index (χ3n) is 4.38. The largest absolute Gasteiger partial charge is 0.507 e. The number of phenols is 1. The van der Waals surface area contributed by atoms with Crippen molar-refractivity contribution in [2.75, 3.05) is 13.2 Å². The van der Waals surface area contributed by atoms with Crippen molar-refractivity contribution >= 4 is 11.6 Å². The van der Waals surface area contributed by atoms with Crippen molar-refractivity contribution in [2.24, 2.45) is 16.7 Å². The molecule has 0 bridgehead atoms. The van der Waals surface area contributed by atoms with Crippen molar-refractivity contribution in [3.05, 3.63) is 47.2 Å². The molecule has 1 aromatic heterocycles. The number of ether oxygens (including phenoxy) is 2. The van der Waals surface area contributed by atoms with Crippen molar-refractivity contribution in [1.29, 1.82) is 0 Å². The van der Waals surface area contributed by atoms with Crippen molar-refractivity contribution < 1.29 is 19.4 Å². The highest BCUT2D eigenvalue weighted by Crippen LogP contribution is 2.33. The van der Waals surface area contributed by atoms with Crippen LogP contribution in [0, 0.1) is 0 Å². The van der Waals surface area contributed by atoms with E-state index in [9.17, 15) is 9.90 Å². The Bertz CT molecular complexity index is 868. The number of hydrazine groups is 1. The average Bonchev–Trinajstić information content (AvgIpc) is 2.73. The quantitative estimate of drug-likeness (QED) is 0.103. The van der Waals surface area contributed by atoms with Crippen molar-refractivity contribution in [2.45, 2.75) is 39.5 Å². The Hall–Kier alpha value is -3.33. The number of ketones is 1. The number of pyridine rings is 1. The molecule has 0 aliphatic rings. The molecule has 0 saturated carbocycles. The first-order valence-electron chi connectivity index (χ1n) is 9.84. The van der Waals surface area contributed by atoms with Gasteiger partial charge in [-0.1, -0.05) is 13.3 Å². The Labute approximate surface area is 176 Å². The average molecular weight is 415 g/mol. The summed E-state index contributed by atoms with van der Waals surface area (Å²) >= 11 is 0. The number of carbonyl (C=O) groups is 1. The van der Waals surface area contributed by atoms with Gasteiger partial charge in [0.1, 0.15) is 11.5 Å². The molecule has 0 unspecified atom stereocenters. The minimum absolute atomic E-state index is 0.0210. The van der Waals surface area contributed by atoms with Crippen molar-refractivity contribution in [1.82, 2.24) is 10.5 Å². The van der Waals surface area contributed by atoms with Crippen LogP contribution in [0.4, 0.5) is 0 Å². The smallest absolute Gasteiger partial charge is 0.213 e. The van der Waals surface area contributed by atoms with E-state index in [-0.39, 0.29) is 17.4 Å². The summed E-state index contributed by atoms with van der Waals surface area (Å²) < 4.78 is 11.4. The van der Waals surface area contributed by atoms with Gasteiger partial charge in [0.25, 0.3) is 0 Å². The van der Waals surface area contributed by atoms with E-state index in [0.29, 0.717) is 48.0 Å². The molecule has 30 heavy (non-hydrogen) atoms. The highest BCUT2D eigenvalue weighted by molar-refractivity contribution is 5.97. The van der Waals surface area contributed by atoms with Gasteiger partial charge in [-0.2, -0.15) is 0 Å². The van der Waals surface area contributed by atoms with Gasteiger partial charge in [-0.3, -0.25) is 4.79 Å². The number of aromatic hydroxyl groups is 1. The monoisotopic (exact) mass is 415 g/mol. The first-order valence-corrected chi connectivity index (χ1v) is 9.84. The molecular weight excluding hydrogens is 386 g/mol. The number of carbonyl (C=O) groups excluding carboxylic acids is 1. The number of hydrazone groups is 1. The lowest BCUT2D eigenvalue weighted by atomic mass is 10.0. The molecule has 9 heteroatoms. The summed E-state index contributed by atoms with van der Waals surface area (Å²) in [6.45, 7) is 4.41. The van der Waals surface area contributed by atoms with Crippen molar-refractivity contribution in [3.63, 3.8) is 0 Å². The minimum atomic E-state index is -0.166. The molecule has 1 heterocycles. The Morgan fingerprint density at radius 3 is 2.53 bits per heavy atom. The fourth-order valence-corrected chi connectivity index (χ4v) is 2.84. The maximum atomic E-state index is 11.6. The molecule has 2 aromatic rings. The predicted octanol–water partition coefficient (Wildman–Crippen LogP) is 2.26. The maximum Gasteiger partial charge on any atom is 0.213 e. The fraction of sp³-hybridized carbons (Fsp3) is 0.381. The summed E-state index contributed by atoms with van der Waals surface area (Å²) in [6.07, 6.45) is 4.57. The number of amidine groups is 1. The zero-order chi connectivity index (χ0) is 21.9. The van der Waals surface area contributed by atoms with Crippen LogP contribution < -0.4 is 26.6 Å². The van der Waals surface area contributed by atoms with Gasteiger partial charge >= 0.3 is 0 Å². The Morgan fingerprint density at radius 2 is 1.93 bits per heavy atom. The molecule has 9 nitrogen and oxygen atoms in total. The minimum Gasteiger partial charge on any atom is -0.507 e. The van der Waals surface area contributed by atoms with Crippen LogP contribution in [0.25, 0.3) is 0 Å². The van der Waals surface area contributed by atoms with Crippen LogP contribution in [0.5, 0.6) is 17.4 Å². The van der Waals surface area contributed by atoms with Gasteiger partial charge in [-0.25, -0.2) is 16.4 Å². The van der Waals surface area contributed by atoms with Gasteiger partial charge in [0, 0.05) is 23.4 Å². The number of hydrogen-bond acceptors (Lipinski definition) is 8. The predicted molar refractivity (Wildman–Crippen MR) is 115 cm³/mol. The lowest BCUT2D eigenvalue weighted by Crippen LogP contribution is -2.23. The highest BCUT2D eigenvalue weighted by atomic mass is 16.5. The van der Waals surface area contributed by atoms with E-state index in [2.05, 4.69) is 15.6 Å². The van der Waals surface area contributed by atoms with E-state index in [1.54, 1.807) is 30.5 Å². The second kappa shape index (κ2) is 11.6. The summed E-state index contributed by atoms with van der Waals surface area (Å²) in [5.74, 6) is 6.28. The van der Waals surface area contributed by atoms with Crippen LogP contribution in [0.2, 0.25) is 0 Å². The van der Waals surface area contributed by atoms with Gasteiger partial charge in [-0.15, -0.1) is 5.10 Å². The highest BCUT2D eigenvalue weighted by Gasteiger charge is 2.15. The summed E-state index contributed by atoms with van der Waals surface area (Å²) in [7, 11) is 0. The number of rotatable bonds is 12. The molecule has 6 N–H and O–H groups in total. The van der Waals surface area contributed by atoms with E-state index in [0.717, 1.165) is 19.3 Å². The van der Waals surface area contributed by atoms with Crippen LogP contribution in [-0.4, -0.2) is 34.9 Å². The number of benzene rings is 1. The van der Waals surface area contributed by atoms with Crippen LogP contribution >= 0.6 is 0 Å². The fourth-order valence-electron chi connectivity index (χ4n) is 2.84. The van der Waals surface area contributed by atoms with E-state index in [1.807, 2.05) is 6.92 Å². The first kappa shape index (κ1) is 23.0. The van der Waals surface area contributed by atoms with Crippen LogP contribution in [0.1, 0.15) is 54.6 Å². The molecule has 0 atom stereocenters. The summed E-state index contributed by atoms with van der Waals surface area (Å²) in [5, 5.41) is 14.0. The van der Waals surface area contributed by atoms with Gasteiger partial charge < -0.3 is 20.3 Å². The molecule has 0 aliphatic heterocycles. The standard InChI is InChI=1S/C21H29N5O4/c1-3-6-17-18(9-8-16(14(2)27)20(17)28)29-11-4-5-12-30-19-10-7-15(13-24-19)21(22)25-26-23/h7-10,13,26,28H,3-6,11-12,23H2,1-2H3,(H2,22,25). The number of hydrogen-bond donors (Lipinski definition) is 4. The van der Waals surface area contributed by atoms with Gasteiger partial charge in [0.2, 0.25) is 5.88 Å². The van der Waals surface area contributed by atoms with Gasteiger partial charge in [0.05, 0.1) is 18.8 Å². The molecular formula is C21H29N5O4. The Balaban J connectivity index is 1.80. The number of unbranched alkanes of at least 4 members (excludes halogenated alkanes) is 1. The number of nitrogens with zero attached hydrogens (tertiary/aromatic N) is 2. The molecule has 0 radical (unpaired) electrons. The molecule has 1 aromatic carbocycles. The Morgan fingerprint density at radius 1 is 1.20 bits per heavy atom. The van der Waals surface area contributed by atoms with Crippen LogP contribution in [0.3, 0.4) is 0 Å². The zero-order valence-corrected chi connectivity index (χ0v) is 17.4. The van der Waals surface area contributed by atoms with E-state index in [1.165, 1.54) is 6.92 Å². The second-order valence-electron chi connectivity index (χ2n) is 6.66. The molecule has 0 fully saturated rings. The topological polar surface area (TPSA) is 145 Å². The van der Waals surface area contributed by atoms with Gasteiger partial charge in [-0.05, 0) is 44.4 Å². The summed E-state index contributed by atoms with van der Waals surface area (Å²) in [4.78, 5) is 15.8. The SMILES string of the molecule is CCCc1c(OCCCCOc2ccc(/C(N)=N/NN)cn2)ccc(C(C)=O)c1O. The van der Waals surface area contributed by atoms with E-state index >= 15 is 0 Å². The summed E-state index contributed by atoms with van der Waals surface area (Å²) in [6, 6.07) is 6.81. The van der Waals surface area contributed by atoms with Crippen molar-refractivity contribution in [3.8, 4) is 17.4 Å². The second-order valence-corrected chi connectivity index (χ2v) is 6.66. The number of aromatic nitrogens is 1. The first-order chi connectivity index (χ1) is 14.5. The van der Waals surface area contributed by atoms with E-state index in [4.69, 9.17) is 21.1 Å². The molecule has 0 saturated heterocycles. The molecule has 162 valence electrons. The summed E-state index contributed by atoms with van der Waals surface area (Å²) in [5.41, 5.74) is 9.47.